The average molecular weight is 411 g/mol. The second-order valence-corrected chi connectivity index (χ2v) is 7.83. The highest BCUT2D eigenvalue weighted by Gasteiger charge is 2.06. The van der Waals surface area contributed by atoms with Crippen LogP contribution in [0.25, 0.3) is 23.3 Å². The van der Waals surface area contributed by atoms with Crippen molar-refractivity contribution in [3.8, 4) is 11.1 Å². The first-order valence-electron chi connectivity index (χ1n) is 10.5. The van der Waals surface area contributed by atoms with E-state index in [-0.39, 0.29) is 11.6 Å². The summed E-state index contributed by atoms with van der Waals surface area (Å²) in [4.78, 5) is 0. The van der Waals surface area contributed by atoms with Crippen LogP contribution in [0.3, 0.4) is 0 Å². The lowest BCUT2D eigenvalue weighted by atomic mass is 9.93. The summed E-state index contributed by atoms with van der Waals surface area (Å²) < 4.78 is 27.7. The molecule has 0 spiro atoms. The van der Waals surface area contributed by atoms with Gasteiger partial charge in [0.1, 0.15) is 11.6 Å². The van der Waals surface area contributed by atoms with E-state index in [0.717, 1.165) is 23.1 Å². The van der Waals surface area contributed by atoms with Gasteiger partial charge in [-0.1, -0.05) is 97.9 Å². The van der Waals surface area contributed by atoms with Gasteiger partial charge in [-0.25, -0.2) is 8.78 Å². The van der Waals surface area contributed by atoms with Crippen LogP contribution in [-0.4, -0.2) is 0 Å². The molecule has 0 heterocycles. The van der Waals surface area contributed by atoms with Crippen LogP contribution in [0.1, 0.15) is 35.1 Å². The van der Waals surface area contributed by atoms with E-state index in [1.165, 1.54) is 29.3 Å². The minimum atomic E-state index is -0.302. The molecule has 4 aromatic rings. The summed E-state index contributed by atoms with van der Waals surface area (Å²) in [5.41, 5.74) is 5.68. The predicted molar refractivity (Wildman–Crippen MR) is 126 cm³/mol. The Bertz CT molecular complexity index is 1160. The second-order valence-electron chi connectivity index (χ2n) is 7.83. The Morgan fingerprint density at radius 2 is 1.39 bits per heavy atom. The van der Waals surface area contributed by atoms with E-state index in [4.69, 9.17) is 0 Å². The highest BCUT2D eigenvalue weighted by Crippen LogP contribution is 2.24. The predicted octanol–water partition coefficient (Wildman–Crippen LogP) is 8.15. The molecule has 0 saturated heterocycles. The molecule has 4 aromatic carbocycles. The van der Waals surface area contributed by atoms with Gasteiger partial charge < -0.3 is 0 Å². The number of benzene rings is 4. The molecular weight excluding hydrogens is 386 g/mol. The maximum atomic E-state index is 14.6. The van der Waals surface area contributed by atoms with Gasteiger partial charge in [-0.2, -0.15) is 0 Å². The lowest BCUT2D eigenvalue weighted by Gasteiger charge is -2.12. The minimum Gasteiger partial charge on any atom is -0.207 e. The summed E-state index contributed by atoms with van der Waals surface area (Å²) >= 11 is 0. The molecule has 0 aliphatic rings. The zero-order chi connectivity index (χ0) is 21.6. The molecule has 0 saturated carbocycles. The quantitative estimate of drug-likeness (QED) is 0.281. The monoisotopic (exact) mass is 410 g/mol. The van der Waals surface area contributed by atoms with Crippen molar-refractivity contribution in [2.45, 2.75) is 19.3 Å². The normalized spacial score (nSPS) is 12.2. The number of rotatable bonds is 6. The van der Waals surface area contributed by atoms with Crippen LogP contribution in [0.15, 0.2) is 97.1 Å². The summed E-state index contributed by atoms with van der Waals surface area (Å²) in [7, 11) is 0. The Balaban J connectivity index is 1.43. The summed E-state index contributed by atoms with van der Waals surface area (Å²) in [5, 5.41) is 0. The maximum Gasteiger partial charge on any atom is 0.131 e. The van der Waals surface area contributed by atoms with E-state index < -0.39 is 0 Å². The maximum absolute atomic E-state index is 14.6. The molecule has 1 atom stereocenters. The highest BCUT2D eigenvalue weighted by atomic mass is 19.1. The Hall–Kier alpha value is -3.52. The van der Waals surface area contributed by atoms with Crippen LogP contribution in [0.5, 0.6) is 0 Å². The highest BCUT2D eigenvalue weighted by molar-refractivity contribution is 5.72. The zero-order valence-corrected chi connectivity index (χ0v) is 17.4. The third-order valence-electron chi connectivity index (χ3n) is 5.52. The lowest BCUT2D eigenvalue weighted by molar-refractivity contribution is 0.625. The first-order valence-corrected chi connectivity index (χ1v) is 10.5. The van der Waals surface area contributed by atoms with Gasteiger partial charge in [0.2, 0.25) is 0 Å². The van der Waals surface area contributed by atoms with Gasteiger partial charge in [0.25, 0.3) is 0 Å². The first kappa shape index (κ1) is 20.7. The Kier molecular flexibility index (Phi) is 6.37. The van der Waals surface area contributed by atoms with Gasteiger partial charge in [0.05, 0.1) is 0 Å². The van der Waals surface area contributed by atoms with E-state index in [1.807, 2.05) is 18.2 Å². The Morgan fingerprint density at radius 1 is 0.710 bits per heavy atom. The molecule has 0 aromatic heterocycles. The third kappa shape index (κ3) is 5.35. The molecule has 0 N–H and O–H groups in total. The molecule has 0 amide bonds. The van der Waals surface area contributed by atoms with Gasteiger partial charge in [0, 0.05) is 5.56 Å². The Morgan fingerprint density at radius 3 is 2.06 bits per heavy atom. The topological polar surface area (TPSA) is 0 Å². The molecule has 4 rings (SSSR count). The second kappa shape index (κ2) is 9.53. The number of hydrogen-bond acceptors (Lipinski definition) is 0. The summed E-state index contributed by atoms with van der Waals surface area (Å²) in [6.07, 6.45) is 4.68. The van der Waals surface area contributed by atoms with Gasteiger partial charge in [0.15, 0.2) is 0 Å². The van der Waals surface area contributed by atoms with Crippen LogP contribution in [0, 0.1) is 11.6 Å². The van der Waals surface area contributed by atoms with Gasteiger partial charge in [-0.15, -0.1) is 0 Å². The zero-order valence-electron chi connectivity index (χ0n) is 17.4. The largest absolute Gasteiger partial charge is 0.207 e. The van der Waals surface area contributed by atoms with Gasteiger partial charge >= 0.3 is 0 Å². The van der Waals surface area contributed by atoms with E-state index in [0.29, 0.717) is 11.5 Å². The van der Waals surface area contributed by atoms with Crippen LogP contribution in [0.4, 0.5) is 8.78 Å². The van der Waals surface area contributed by atoms with Crippen molar-refractivity contribution in [1.82, 2.24) is 0 Å². The minimum absolute atomic E-state index is 0.300. The first-order chi connectivity index (χ1) is 15.1. The van der Waals surface area contributed by atoms with Crippen LogP contribution >= 0.6 is 0 Å². The number of hydrogen-bond donors (Lipinski definition) is 0. The van der Waals surface area contributed by atoms with E-state index in [1.54, 1.807) is 24.3 Å². The molecular formula is C29H24F2. The third-order valence-corrected chi connectivity index (χ3v) is 5.52. The molecule has 0 bridgehead atoms. The SMILES string of the molecule is CC(Cc1ccc(/C=C/c2ccc(-c3ccc(F)cc3)cc2F)cc1)c1ccccc1. The van der Waals surface area contributed by atoms with Crippen molar-refractivity contribution in [2.75, 3.05) is 0 Å². The van der Waals surface area contributed by atoms with Gasteiger partial charge in [-0.3, -0.25) is 0 Å². The Labute approximate surface area is 182 Å². The van der Waals surface area contributed by atoms with E-state index in [2.05, 4.69) is 55.5 Å². The fraction of sp³-hybridized carbons (Fsp3) is 0.103. The summed E-state index contributed by atoms with van der Waals surface area (Å²) in [6.45, 7) is 2.24. The van der Waals surface area contributed by atoms with E-state index in [9.17, 15) is 8.78 Å². The molecule has 0 aliphatic heterocycles. The average Bonchev–Trinajstić information content (AvgIpc) is 2.80. The van der Waals surface area contributed by atoms with E-state index >= 15 is 0 Å². The van der Waals surface area contributed by atoms with Crippen LogP contribution in [0.2, 0.25) is 0 Å². The molecule has 2 heteroatoms. The molecule has 31 heavy (non-hydrogen) atoms. The fourth-order valence-corrected chi connectivity index (χ4v) is 3.69. The summed E-state index contributed by atoms with van der Waals surface area (Å²) in [5.74, 6) is -0.146. The van der Waals surface area contributed by atoms with Crippen molar-refractivity contribution in [1.29, 1.82) is 0 Å². The van der Waals surface area contributed by atoms with Crippen molar-refractivity contribution < 1.29 is 8.78 Å². The van der Waals surface area contributed by atoms with Gasteiger partial charge in [-0.05, 0) is 58.4 Å². The van der Waals surface area contributed by atoms with Crippen molar-refractivity contribution in [2.24, 2.45) is 0 Å². The van der Waals surface area contributed by atoms with Crippen molar-refractivity contribution in [3.05, 3.63) is 131 Å². The smallest absolute Gasteiger partial charge is 0.131 e. The van der Waals surface area contributed by atoms with Crippen LogP contribution < -0.4 is 0 Å². The fourth-order valence-electron chi connectivity index (χ4n) is 3.69. The lowest BCUT2D eigenvalue weighted by Crippen LogP contribution is -1.98. The molecule has 0 fully saturated rings. The molecule has 154 valence electrons. The molecule has 1 unspecified atom stereocenters. The summed E-state index contributed by atoms with van der Waals surface area (Å²) in [6, 6.07) is 30.1. The van der Waals surface area contributed by atoms with Crippen LogP contribution in [-0.2, 0) is 6.42 Å². The molecule has 0 nitrogen and oxygen atoms in total. The van der Waals surface area contributed by atoms with Crippen molar-refractivity contribution in [3.63, 3.8) is 0 Å². The molecule has 0 radical (unpaired) electrons. The molecule has 0 aliphatic carbocycles. The van der Waals surface area contributed by atoms with Crippen molar-refractivity contribution >= 4 is 12.2 Å². The standard InChI is InChI=1S/C29H24F2/c1-21(24-5-3-2-4-6-24)19-23-9-7-22(8-10-23)11-12-26-13-14-27(20-29(26)31)25-15-17-28(30)18-16-25/h2-18,20-21H,19H2,1H3/b12-11+. The number of halogens is 2.